The number of hydrogen-bond acceptors (Lipinski definition) is 1. The predicted octanol–water partition coefficient (Wildman–Crippen LogP) is 4.15. The summed E-state index contributed by atoms with van der Waals surface area (Å²) in [4.78, 5) is 0. The van der Waals surface area contributed by atoms with Crippen molar-refractivity contribution in [3.8, 4) is 5.69 Å². The van der Waals surface area contributed by atoms with Gasteiger partial charge in [0.2, 0.25) is 0 Å². The molecular weight excluding hydrogens is 244 g/mol. The zero-order valence-electron chi connectivity index (χ0n) is 10.7. The highest BCUT2D eigenvalue weighted by molar-refractivity contribution is 6.19. The molecule has 18 heavy (non-hydrogen) atoms. The summed E-state index contributed by atoms with van der Waals surface area (Å²) in [6.07, 6.45) is 5.87. The lowest BCUT2D eigenvalue weighted by molar-refractivity contribution is 0.778. The molecule has 0 aliphatic carbocycles. The molecular formula is C15H17ClN2. The quantitative estimate of drug-likeness (QED) is 0.755. The molecule has 0 spiro atoms. The van der Waals surface area contributed by atoms with Crippen molar-refractivity contribution in [2.45, 2.75) is 13.8 Å². The second-order valence-electron chi connectivity index (χ2n) is 4.55. The Hall–Kier alpha value is -1.54. The van der Waals surface area contributed by atoms with Crippen molar-refractivity contribution in [3.63, 3.8) is 0 Å². The number of benzene rings is 1. The van der Waals surface area contributed by atoms with Crippen LogP contribution in [0.15, 0.2) is 48.3 Å². The number of alkyl halides is 1. The van der Waals surface area contributed by atoms with Gasteiger partial charge >= 0.3 is 0 Å². The van der Waals surface area contributed by atoms with Crippen LogP contribution in [-0.4, -0.2) is 15.7 Å². The number of allylic oxidation sites excluding steroid dienone is 1. The van der Waals surface area contributed by atoms with Crippen LogP contribution in [0.1, 0.15) is 19.4 Å². The summed E-state index contributed by atoms with van der Waals surface area (Å²) in [6.45, 7) is 4.32. The summed E-state index contributed by atoms with van der Waals surface area (Å²) in [5.41, 5.74) is 3.49. The molecule has 0 radical (unpaired) electrons. The van der Waals surface area contributed by atoms with E-state index in [-0.39, 0.29) is 0 Å². The van der Waals surface area contributed by atoms with E-state index in [2.05, 4.69) is 49.3 Å². The van der Waals surface area contributed by atoms with E-state index in [4.69, 9.17) is 11.6 Å². The zero-order valence-corrected chi connectivity index (χ0v) is 11.4. The van der Waals surface area contributed by atoms with Gasteiger partial charge in [-0.05, 0) is 29.7 Å². The first-order valence-corrected chi connectivity index (χ1v) is 6.60. The van der Waals surface area contributed by atoms with E-state index in [1.54, 1.807) is 6.20 Å². The van der Waals surface area contributed by atoms with Crippen molar-refractivity contribution >= 4 is 17.7 Å². The minimum atomic E-state index is 0.480. The van der Waals surface area contributed by atoms with E-state index >= 15 is 0 Å². The van der Waals surface area contributed by atoms with E-state index in [0.717, 1.165) is 5.69 Å². The van der Waals surface area contributed by atoms with Crippen molar-refractivity contribution in [3.05, 3.63) is 53.9 Å². The van der Waals surface area contributed by atoms with E-state index in [1.807, 2.05) is 16.9 Å². The molecule has 0 amide bonds. The van der Waals surface area contributed by atoms with Gasteiger partial charge in [-0.3, -0.25) is 0 Å². The second kappa shape index (κ2) is 5.87. The fourth-order valence-electron chi connectivity index (χ4n) is 1.72. The maximum absolute atomic E-state index is 5.94. The lowest BCUT2D eigenvalue weighted by Gasteiger charge is -2.08. The number of aromatic nitrogens is 2. The number of rotatable bonds is 4. The minimum absolute atomic E-state index is 0.480. The first-order chi connectivity index (χ1) is 8.70. The Morgan fingerprint density at radius 2 is 2.06 bits per heavy atom. The molecule has 1 aromatic heterocycles. The van der Waals surface area contributed by atoms with Crippen LogP contribution in [0.2, 0.25) is 0 Å². The monoisotopic (exact) mass is 260 g/mol. The molecule has 0 bridgehead atoms. The topological polar surface area (TPSA) is 17.8 Å². The Bertz CT molecular complexity index is 510. The lowest BCUT2D eigenvalue weighted by atomic mass is 10.0. The Balaban J connectivity index is 2.23. The normalized spacial score (nSPS) is 12.1. The molecule has 1 aromatic carbocycles. The number of hydrogen-bond donors (Lipinski definition) is 0. The fourth-order valence-corrected chi connectivity index (χ4v) is 2.10. The summed E-state index contributed by atoms with van der Waals surface area (Å²) in [5.74, 6) is 1.06. The van der Waals surface area contributed by atoms with Gasteiger partial charge in [0, 0.05) is 18.3 Å². The standard InChI is InChI=1S/C15H17ClN2/c1-12(2)14(11-16)10-13-4-6-15(7-5-13)18-9-3-8-17-18/h3-10,12H,11H2,1-2H3. The Kier molecular flexibility index (Phi) is 4.21. The molecule has 0 aliphatic heterocycles. The van der Waals surface area contributed by atoms with Crippen molar-refractivity contribution in [1.82, 2.24) is 9.78 Å². The van der Waals surface area contributed by atoms with Crippen LogP contribution in [0.25, 0.3) is 11.8 Å². The third-order valence-corrected chi connectivity index (χ3v) is 3.22. The molecule has 2 aromatic rings. The molecule has 1 heterocycles. The summed E-state index contributed by atoms with van der Waals surface area (Å²) >= 11 is 5.94. The molecule has 3 heteroatoms. The molecule has 0 atom stereocenters. The first kappa shape index (κ1) is 12.9. The third-order valence-electron chi connectivity index (χ3n) is 2.91. The average molecular weight is 261 g/mol. The van der Waals surface area contributed by atoms with Crippen LogP contribution in [0, 0.1) is 5.92 Å². The van der Waals surface area contributed by atoms with Crippen molar-refractivity contribution in [2.75, 3.05) is 5.88 Å². The van der Waals surface area contributed by atoms with Crippen LogP contribution in [0.4, 0.5) is 0 Å². The second-order valence-corrected chi connectivity index (χ2v) is 4.82. The zero-order chi connectivity index (χ0) is 13.0. The van der Waals surface area contributed by atoms with Crippen LogP contribution >= 0.6 is 11.6 Å². The van der Waals surface area contributed by atoms with E-state index in [1.165, 1.54) is 11.1 Å². The molecule has 0 aliphatic rings. The third kappa shape index (κ3) is 3.02. The van der Waals surface area contributed by atoms with Gasteiger partial charge in [-0.25, -0.2) is 4.68 Å². The smallest absolute Gasteiger partial charge is 0.0645 e. The summed E-state index contributed by atoms with van der Waals surface area (Å²) in [6, 6.07) is 10.2. The molecule has 0 unspecified atom stereocenters. The molecule has 2 rings (SSSR count). The molecule has 0 N–H and O–H groups in total. The van der Waals surface area contributed by atoms with Crippen LogP contribution in [0.5, 0.6) is 0 Å². The van der Waals surface area contributed by atoms with Crippen LogP contribution in [0.3, 0.4) is 0 Å². The fraction of sp³-hybridized carbons (Fsp3) is 0.267. The minimum Gasteiger partial charge on any atom is -0.241 e. The van der Waals surface area contributed by atoms with Gasteiger partial charge in [0.15, 0.2) is 0 Å². The number of nitrogens with zero attached hydrogens (tertiary/aromatic N) is 2. The summed E-state index contributed by atoms with van der Waals surface area (Å²) < 4.78 is 1.85. The van der Waals surface area contributed by atoms with Crippen molar-refractivity contribution in [1.29, 1.82) is 0 Å². The van der Waals surface area contributed by atoms with Gasteiger partial charge in [0.1, 0.15) is 0 Å². The van der Waals surface area contributed by atoms with Crippen LogP contribution < -0.4 is 0 Å². The molecule has 2 nitrogen and oxygen atoms in total. The maximum Gasteiger partial charge on any atom is 0.0645 e. The first-order valence-electron chi connectivity index (χ1n) is 6.07. The van der Waals surface area contributed by atoms with E-state index in [9.17, 15) is 0 Å². The Morgan fingerprint density at radius 3 is 2.56 bits per heavy atom. The molecule has 94 valence electrons. The molecule has 0 saturated carbocycles. The molecule has 0 saturated heterocycles. The van der Waals surface area contributed by atoms with Crippen LogP contribution in [-0.2, 0) is 0 Å². The largest absolute Gasteiger partial charge is 0.241 e. The van der Waals surface area contributed by atoms with Gasteiger partial charge in [0.05, 0.1) is 5.69 Å². The van der Waals surface area contributed by atoms with Gasteiger partial charge in [-0.1, -0.05) is 37.6 Å². The van der Waals surface area contributed by atoms with E-state index < -0.39 is 0 Å². The van der Waals surface area contributed by atoms with Gasteiger partial charge in [-0.15, -0.1) is 11.6 Å². The number of halogens is 1. The lowest BCUT2D eigenvalue weighted by Crippen LogP contribution is -1.96. The Labute approximate surface area is 113 Å². The highest BCUT2D eigenvalue weighted by Crippen LogP contribution is 2.17. The highest BCUT2D eigenvalue weighted by Gasteiger charge is 2.02. The summed E-state index contributed by atoms with van der Waals surface area (Å²) in [5, 5.41) is 4.20. The SMILES string of the molecule is CC(C)C(=Cc1ccc(-n2cccn2)cc1)CCl. The van der Waals surface area contributed by atoms with Crippen molar-refractivity contribution in [2.24, 2.45) is 5.92 Å². The predicted molar refractivity (Wildman–Crippen MR) is 77.1 cm³/mol. The van der Waals surface area contributed by atoms with Gasteiger partial charge in [0.25, 0.3) is 0 Å². The average Bonchev–Trinajstić information content (AvgIpc) is 2.90. The van der Waals surface area contributed by atoms with Gasteiger partial charge in [-0.2, -0.15) is 5.10 Å². The van der Waals surface area contributed by atoms with Crippen molar-refractivity contribution < 1.29 is 0 Å². The van der Waals surface area contributed by atoms with E-state index in [0.29, 0.717) is 11.8 Å². The molecule has 0 fully saturated rings. The highest BCUT2D eigenvalue weighted by atomic mass is 35.5. The van der Waals surface area contributed by atoms with Gasteiger partial charge < -0.3 is 0 Å². The summed E-state index contributed by atoms with van der Waals surface area (Å²) in [7, 11) is 0. The maximum atomic E-state index is 5.94. The Morgan fingerprint density at radius 1 is 1.33 bits per heavy atom.